The van der Waals surface area contributed by atoms with Crippen LogP contribution in [0.1, 0.15) is 10.6 Å². The molecule has 1 aromatic carbocycles. The van der Waals surface area contributed by atoms with Gasteiger partial charge in [-0.15, -0.1) is 11.3 Å². The van der Waals surface area contributed by atoms with Crippen molar-refractivity contribution in [1.29, 1.82) is 0 Å². The second-order valence-electron chi connectivity index (χ2n) is 4.09. The monoisotopic (exact) mass is 353 g/mol. The van der Waals surface area contributed by atoms with Crippen molar-refractivity contribution in [3.63, 3.8) is 0 Å². The van der Waals surface area contributed by atoms with Crippen LogP contribution < -0.4 is 4.74 Å². The molecule has 0 bridgehead atoms. The van der Waals surface area contributed by atoms with Crippen molar-refractivity contribution < 1.29 is 21.9 Å². The quantitative estimate of drug-likeness (QED) is 0.774. The highest BCUT2D eigenvalue weighted by atomic mass is 35.7. The highest BCUT2D eigenvalue weighted by Gasteiger charge is 2.22. The van der Waals surface area contributed by atoms with Crippen LogP contribution in [0.25, 0.3) is 0 Å². The number of hydrogen-bond acceptors (Lipinski definition) is 5. The van der Waals surface area contributed by atoms with Crippen molar-refractivity contribution in [2.75, 3.05) is 6.61 Å². The molecule has 0 spiro atoms. The third kappa shape index (κ3) is 3.69. The summed E-state index contributed by atoms with van der Waals surface area (Å²) in [6, 6.07) is 1.90. The second-order valence-corrected chi connectivity index (χ2v) is 7.56. The normalized spacial score (nSPS) is 11.6. The summed E-state index contributed by atoms with van der Waals surface area (Å²) in [5, 5.41) is 0. The molecule has 114 valence electrons. The van der Waals surface area contributed by atoms with Gasteiger partial charge in [-0.3, -0.25) is 0 Å². The molecule has 0 radical (unpaired) electrons. The lowest BCUT2D eigenvalue weighted by Gasteiger charge is -2.08. The zero-order valence-corrected chi connectivity index (χ0v) is 13.2. The summed E-state index contributed by atoms with van der Waals surface area (Å²) in [6.45, 7) is 1.96. The molecular formula is C12H10ClF2NO3S2. The maximum atomic E-state index is 13.7. The highest BCUT2D eigenvalue weighted by molar-refractivity contribution is 8.13. The minimum Gasteiger partial charge on any atom is -0.490 e. The van der Waals surface area contributed by atoms with Gasteiger partial charge in [0.1, 0.15) is 4.90 Å². The van der Waals surface area contributed by atoms with Gasteiger partial charge < -0.3 is 4.74 Å². The Balaban J connectivity index is 2.12. The van der Waals surface area contributed by atoms with Gasteiger partial charge in [0.15, 0.2) is 11.6 Å². The van der Waals surface area contributed by atoms with Gasteiger partial charge in [-0.2, -0.15) is 4.39 Å². The standard InChI is InChI=1S/C12H10ClF2NO3S2/c1-7-9(20-6-16-7)4-5-19-8-2-3-10(21(13,17)18)12(15)11(8)14/h2-3,6H,4-5H2,1H3. The largest absolute Gasteiger partial charge is 0.490 e. The molecule has 0 unspecified atom stereocenters. The average Bonchev–Trinajstić information content (AvgIpc) is 2.79. The fourth-order valence-electron chi connectivity index (χ4n) is 1.63. The van der Waals surface area contributed by atoms with Gasteiger partial charge in [0.25, 0.3) is 9.05 Å². The number of thiazole rings is 1. The molecule has 1 heterocycles. The topological polar surface area (TPSA) is 56.3 Å². The number of rotatable bonds is 5. The number of aryl methyl sites for hydroxylation is 1. The number of benzene rings is 1. The average molecular weight is 354 g/mol. The summed E-state index contributed by atoms with van der Waals surface area (Å²) in [7, 11) is 0.657. The van der Waals surface area contributed by atoms with Crippen LogP contribution in [0.5, 0.6) is 5.75 Å². The lowest BCUT2D eigenvalue weighted by molar-refractivity contribution is 0.298. The van der Waals surface area contributed by atoms with Gasteiger partial charge >= 0.3 is 0 Å². The first-order valence-electron chi connectivity index (χ1n) is 5.75. The summed E-state index contributed by atoms with van der Waals surface area (Å²) in [4.78, 5) is 4.13. The lowest BCUT2D eigenvalue weighted by atomic mass is 10.3. The first-order valence-corrected chi connectivity index (χ1v) is 8.94. The summed E-state index contributed by atoms with van der Waals surface area (Å²) >= 11 is 1.44. The number of aromatic nitrogens is 1. The molecule has 2 aromatic rings. The number of hydrogen-bond donors (Lipinski definition) is 0. The zero-order valence-electron chi connectivity index (χ0n) is 10.8. The predicted octanol–water partition coefficient (Wildman–Crippen LogP) is 3.28. The van der Waals surface area contributed by atoms with E-state index >= 15 is 0 Å². The van der Waals surface area contributed by atoms with E-state index < -0.39 is 25.6 Å². The first kappa shape index (κ1) is 16.1. The molecular weight excluding hydrogens is 344 g/mol. The Morgan fingerprint density at radius 3 is 2.62 bits per heavy atom. The molecule has 0 saturated heterocycles. The smallest absolute Gasteiger partial charge is 0.264 e. The van der Waals surface area contributed by atoms with Crippen LogP contribution in [0.3, 0.4) is 0 Å². The Kier molecular flexibility index (Phi) is 4.80. The van der Waals surface area contributed by atoms with E-state index in [1.807, 2.05) is 6.92 Å². The fraction of sp³-hybridized carbons (Fsp3) is 0.250. The summed E-state index contributed by atoms with van der Waals surface area (Å²) in [5.74, 6) is -3.28. The second kappa shape index (κ2) is 6.25. The van der Waals surface area contributed by atoms with E-state index in [1.165, 1.54) is 11.3 Å². The highest BCUT2D eigenvalue weighted by Crippen LogP contribution is 2.27. The summed E-state index contributed by atoms with van der Waals surface area (Å²) in [5.41, 5.74) is 2.55. The molecule has 9 heteroatoms. The van der Waals surface area contributed by atoms with E-state index in [-0.39, 0.29) is 12.4 Å². The van der Waals surface area contributed by atoms with Crippen molar-refractivity contribution >= 4 is 31.1 Å². The molecule has 0 N–H and O–H groups in total. The maximum absolute atomic E-state index is 13.7. The van der Waals surface area contributed by atoms with Crippen LogP contribution in [-0.4, -0.2) is 20.0 Å². The summed E-state index contributed by atoms with van der Waals surface area (Å²) < 4.78 is 54.5. The minimum atomic E-state index is -4.34. The van der Waals surface area contributed by atoms with E-state index in [0.717, 1.165) is 22.7 Å². The molecule has 0 aliphatic carbocycles. The molecule has 0 aliphatic rings. The van der Waals surface area contributed by atoms with Crippen molar-refractivity contribution in [1.82, 2.24) is 4.98 Å². The van der Waals surface area contributed by atoms with Crippen LogP contribution in [0, 0.1) is 18.6 Å². The van der Waals surface area contributed by atoms with Crippen LogP contribution in [0.4, 0.5) is 8.78 Å². The Morgan fingerprint density at radius 1 is 1.33 bits per heavy atom. The molecule has 0 amide bonds. The van der Waals surface area contributed by atoms with Gasteiger partial charge in [-0.1, -0.05) is 0 Å². The first-order chi connectivity index (χ1) is 9.80. The van der Waals surface area contributed by atoms with Crippen molar-refractivity contribution in [3.05, 3.63) is 39.8 Å². The van der Waals surface area contributed by atoms with Gasteiger partial charge in [0.05, 0.1) is 17.8 Å². The molecule has 0 aliphatic heterocycles. The van der Waals surface area contributed by atoms with Gasteiger partial charge in [0, 0.05) is 22.0 Å². The molecule has 21 heavy (non-hydrogen) atoms. The Bertz CT molecular complexity index is 762. The third-order valence-corrected chi connectivity index (χ3v) is 5.04. The number of ether oxygens (including phenoxy) is 1. The van der Waals surface area contributed by atoms with E-state index in [2.05, 4.69) is 4.98 Å². The van der Waals surface area contributed by atoms with E-state index in [9.17, 15) is 17.2 Å². The lowest BCUT2D eigenvalue weighted by Crippen LogP contribution is -2.06. The molecule has 0 fully saturated rings. The van der Waals surface area contributed by atoms with Crippen molar-refractivity contribution in [3.8, 4) is 5.75 Å². The molecule has 2 rings (SSSR count). The maximum Gasteiger partial charge on any atom is 0.264 e. The van der Waals surface area contributed by atoms with Crippen LogP contribution in [-0.2, 0) is 15.5 Å². The molecule has 1 aromatic heterocycles. The van der Waals surface area contributed by atoms with Crippen molar-refractivity contribution in [2.45, 2.75) is 18.2 Å². The van der Waals surface area contributed by atoms with E-state index in [4.69, 9.17) is 15.4 Å². The minimum absolute atomic E-state index is 0.117. The van der Waals surface area contributed by atoms with Crippen LogP contribution in [0.15, 0.2) is 22.5 Å². The number of nitrogens with zero attached hydrogens (tertiary/aromatic N) is 1. The fourth-order valence-corrected chi connectivity index (χ4v) is 3.29. The molecule has 0 atom stereocenters. The zero-order chi connectivity index (χ0) is 15.6. The van der Waals surface area contributed by atoms with E-state index in [1.54, 1.807) is 5.51 Å². The predicted molar refractivity (Wildman–Crippen MR) is 75.4 cm³/mol. The van der Waals surface area contributed by atoms with Crippen LogP contribution >= 0.6 is 22.0 Å². The third-order valence-electron chi connectivity index (χ3n) is 2.71. The SMILES string of the molecule is Cc1ncsc1CCOc1ccc(S(=O)(=O)Cl)c(F)c1F. The molecule has 0 saturated carbocycles. The van der Waals surface area contributed by atoms with Crippen molar-refractivity contribution in [2.24, 2.45) is 0 Å². The van der Waals surface area contributed by atoms with Gasteiger partial charge in [-0.05, 0) is 19.1 Å². The van der Waals surface area contributed by atoms with Crippen LogP contribution in [0.2, 0.25) is 0 Å². The Labute approximate surface area is 128 Å². The van der Waals surface area contributed by atoms with Gasteiger partial charge in [0.2, 0.25) is 5.82 Å². The Hall–Kier alpha value is -1.25. The Morgan fingerprint density at radius 2 is 2.05 bits per heavy atom. The van der Waals surface area contributed by atoms with E-state index in [0.29, 0.717) is 6.42 Å². The number of halogens is 3. The summed E-state index contributed by atoms with van der Waals surface area (Å²) in [6.07, 6.45) is 0.493. The van der Waals surface area contributed by atoms with Gasteiger partial charge in [-0.25, -0.2) is 17.8 Å². The molecule has 4 nitrogen and oxygen atoms in total.